The topological polar surface area (TPSA) is 29.5 Å². The monoisotopic (exact) mass is 284 g/mol. The minimum absolute atomic E-state index is 0.243. The summed E-state index contributed by atoms with van der Waals surface area (Å²) in [6, 6.07) is 17.8. The van der Waals surface area contributed by atoms with E-state index in [1.807, 2.05) is 55.5 Å². The molecule has 0 heterocycles. The van der Waals surface area contributed by atoms with Gasteiger partial charge in [-0.25, -0.2) is 0 Å². The van der Waals surface area contributed by atoms with Gasteiger partial charge in [-0.15, -0.1) is 0 Å². The van der Waals surface area contributed by atoms with Gasteiger partial charge in [0, 0.05) is 0 Å². The molecule has 0 aliphatic carbocycles. The van der Waals surface area contributed by atoms with Crippen LogP contribution < -0.4 is 4.74 Å². The molecule has 0 saturated carbocycles. The summed E-state index contributed by atoms with van der Waals surface area (Å²) in [6.45, 7) is 6.34. The van der Waals surface area contributed by atoms with Crippen LogP contribution in [0, 0.1) is 0 Å². The second-order valence-corrected chi connectivity index (χ2v) is 5.61. The first kappa shape index (κ1) is 15.6. The Kier molecular flexibility index (Phi) is 5.40. The van der Waals surface area contributed by atoms with Crippen LogP contribution >= 0.6 is 0 Å². The van der Waals surface area contributed by atoms with Crippen molar-refractivity contribution in [2.75, 3.05) is 0 Å². The minimum Gasteiger partial charge on any atom is -0.487 e. The van der Waals surface area contributed by atoms with Gasteiger partial charge >= 0.3 is 0 Å². The average molecular weight is 284 g/mol. The van der Waals surface area contributed by atoms with Crippen LogP contribution in [0.2, 0.25) is 0 Å². The smallest absolute Gasteiger partial charge is 0.128 e. The van der Waals surface area contributed by atoms with E-state index in [0.29, 0.717) is 5.92 Å². The van der Waals surface area contributed by atoms with Crippen molar-refractivity contribution < 1.29 is 9.84 Å². The Morgan fingerprint density at radius 3 is 2.19 bits per heavy atom. The first-order chi connectivity index (χ1) is 10.1. The van der Waals surface area contributed by atoms with Crippen molar-refractivity contribution in [1.29, 1.82) is 0 Å². The molecule has 2 heteroatoms. The van der Waals surface area contributed by atoms with Gasteiger partial charge in [0.15, 0.2) is 0 Å². The summed E-state index contributed by atoms with van der Waals surface area (Å²) in [5.74, 6) is 1.27. The van der Waals surface area contributed by atoms with Crippen molar-refractivity contribution in [3.05, 3.63) is 65.7 Å². The van der Waals surface area contributed by atoms with E-state index in [4.69, 9.17) is 4.74 Å². The molecule has 2 nitrogen and oxygen atoms in total. The van der Waals surface area contributed by atoms with Crippen LogP contribution in [0.1, 0.15) is 50.3 Å². The minimum atomic E-state index is -0.614. The van der Waals surface area contributed by atoms with E-state index in [-0.39, 0.29) is 6.10 Å². The molecule has 2 atom stereocenters. The third-order valence-corrected chi connectivity index (χ3v) is 3.71. The van der Waals surface area contributed by atoms with Crippen LogP contribution in [0.5, 0.6) is 5.75 Å². The van der Waals surface area contributed by atoms with Crippen LogP contribution in [0.15, 0.2) is 54.6 Å². The molecular formula is C19H24O2. The number of aliphatic hydroxyl groups is 1. The molecule has 1 N–H and O–H groups in total. The van der Waals surface area contributed by atoms with Gasteiger partial charge in [0.05, 0.1) is 0 Å². The molecule has 0 spiro atoms. The Bertz CT molecular complexity index is 549. The summed E-state index contributed by atoms with van der Waals surface area (Å²) in [4.78, 5) is 0. The van der Waals surface area contributed by atoms with E-state index >= 15 is 0 Å². The van der Waals surface area contributed by atoms with E-state index in [0.717, 1.165) is 17.7 Å². The summed E-state index contributed by atoms with van der Waals surface area (Å²) in [7, 11) is 0. The number of benzene rings is 2. The van der Waals surface area contributed by atoms with Gasteiger partial charge in [-0.05, 0) is 29.5 Å². The molecule has 0 radical (unpaired) electrons. The molecular weight excluding hydrogens is 260 g/mol. The van der Waals surface area contributed by atoms with Crippen LogP contribution in [0.25, 0.3) is 0 Å². The second kappa shape index (κ2) is 7.28. The SMILES string of the molecule is CCC(Oc1ccccc1C(C)C)C(O)c1ccccc1. The lowest BCUT2D eigenvalue weighted by Crippen LogP contribution is -2.25. The summed E-state index contributed by atoms with van der Waals surface area (Å²) in [5.41, 5.74) is 2.07. The Labute approximate surface area is 127 Å². The van der Waals surface area contributed by atoms with Gasteiger partial charge in [0.25, 0.3) is 0 Å². The molecule has 2 aromatic rings. The quantitative estimate of drug-likeness (QED) is 0.833. The van der Waals surface area contributed by atoms with Crippen LogP contribution in [-0.4, -0.2) is 11.2 Å². The first-order valence-electron chi connectivity index (χ1n) is 7.62. The summed E-state index contributed by atoms with van der Waals surface area (Å²) in [6.07, 6.45) is -0.105. The van der Waals surface area contributed by atoms with Crippen LogP contribution in [0.4, 0.5) is 0 Å². The van der Waals surface area contributed by atoms with Crippen LogP contribution in [-0.2, 0) is 0 Å². The Morgan fingerprint density at radius 1 is 0.952 bits per heavy atom. The van der Waals surface area contributed by atoms with Crippen molar-refractivity contribution in [2.45, 2.75) is 45.3 Å². The maximum atomic E-state index is 10.5. The van der Waals surface area contributed by atoms with Crippen LogP contribution in [0.3, 0.4) is 0 Å². The van der Waals surface area contributed by atoms with E-state index in [1.165, 1.54) is 5.56 Å². The molecule has 0 aliphatic rings. The Hall–Kier alpha value is -1.80. The highest BCUT2D eigenvalue weighted by Gasteiger charge is 2.22. The largest absolute Gasteiger partial charge is 0.487 e. The maximum Gasteiger partial charge on any atom is 0.128 e. The zero-order chi connectivity index (χ0) is 15.2. The third kappa shape index (κ3) is 3.85. The van der Waals surface area contributed by atoms with E-state index in [9.17, 15) is 5.11 Å². The number of para-hydroxylation sites is 1. The predicted molar refractivity (Wildman–Crippen MR) is 86.6 cm³/mol. The standard InChI is InChI=1S/C19H24O2/c1-4-17(19(20)15-10-6-5-7-11-15)21-18-13-9-8-12-16(18)14(2)3/h5-14,17,19-20H,4H2,1-3H3. The molecule has 0 aromatic heterocycles. The average Bonchev–Trinajstić information content (AvgIpc) is 2.53. The van der Waals surface area contributed by atoms with E-state index in [2.05, 4.69) is 19.9 Å². The zero-order valence-corrected chi connectivity index (χ0v) is 13.0. The summed E-state index contributed by atoms with van der Waals surface area (Å²) >= 11 is 0. The third-order valence-electron chi connectivity index (χ3n) is 3.71. The van der Waals surface area contributed by atoms with Crippen molar-refractivity contribution in [2.24, 2.45) is 0 Å². The molecule has 0 saturated heterocycles. The lowest BCUT2D eigenvalue weighted by Gasteiger charge is -2.25. The molecule has 2 aromatic carbocycles. The number of hydrogen-bond donors (Lipinski definition) is 1. The molecule has 0 fully saturated rings. The fourth-order valence-electron chi connectivity index (χ4n) is 2.46. The normalized spacial score (nSPS) is 14.0. The summed E-state index contributed by atoms with van der Waals surface area (Å²) < 4.78 is 6.12. The number of ether oxygens (including phenoxy) is 1. The molecule has 112 valence electrons. The highest BCUT2D eigenvalue weighted by Crippen LogP contribution is 2.30. The van der Waals surface area contributed by atoms with Gasteiger partial charge in [0.1, 0.15) is 18.0 Å². The lowest BCUT2D eigenvalue weighted by molar-refractivity contribution is 0.0325. The van der Waals surface area contributed by atoms with Gasteiger partial charge in [-0.1, -0.05) is 69.3 Å². The fourth-order valence-corrected chi connectivity index (χ4v) is 2.46. The van der Waals surface area contributed by atoms with Gasteiger partial charge in [0.2, 0.25) is 0 Å². The first-order valence-corrected chi connectivity index (χ1v) is 7.62. The van der Waals surface area contributed by atoms with Crippen molar-refractivity contribution in [1.82, 2.24) is 0 Å². The number of rotatable bonds is 6. The Balaban J connectivity index is 2.20. The fraction of sp³-hybridized carbons (Fsp3) is 0.368. The molecule has 2 unspecified atom stereocenters. The maximum absolute atomic E-state index is 10.5. The van der Waals surface area contributed by atoms with Crippen molar-refractivity contribution in [3.63, 3.8) is 0 Å². The molecule has 0 aliphatic heterocycles. The highest BCUT2D eigenvalue weighted by atomic mass is 16.5. The predicted octanol–water partition coefficient (Wildman–Crippen LogP) is 4.70. The molecule has 0 amide bonds. The Morgan fingerprint density at radius 2 is 1.57 bits per heavy atom. The summed E-state index contributed by atoms with van der Waals surface area (Å²) in [5, 5.41) is 10.5. The van der Waals surface area contributed by atoms with Gasteiger partial charge < -0.3 is 9.84 Å². The zero-order valence-electron chi connectivity index (χ0n) is 13.0. The molecule has 21 heavy (non-hydrogen) atoms. The van der Waals surface area contributed by atoms with E-state index in [1.54, 1.807) is 0 Å². The molecule has 0 bridgehead atoms. The van der Waals surface area contributed by atoms with Gasteiger partial charge in [-0.3, -0.25) is 0 Å². The lowest BCUT2D eigenvalue weighted by atomic mass is 10.0. The van der Waals surface area contributed by atoms with Gasteiger partial charge in [-0.2, -0.15) is 0 Å². The van der Waals surface area contributed by atoms with Crippen molar-refractivity contribution in [3.8, 4) is 5.75 Å². The highest BCUT2D eigenvalue weighted by molar-refractivity contribution is 5.36. The number of aliphatic hydroxyl groups excluding tert-OH is 1. The number of hydrogen-bond acceptors (Lipinski definition) is 2. The second-order valence-electron chi connectivity index (χ2n) is 5.61. The van der Waals surface area contributed by atoms with E-state index < -0.39 is 6.10 Å². The van der Waals surface area contributed by atoms with Crippen molar-refractivity contribution >= 4 is 0 Å². The molecule has 2 rings (SSSR count).